The van der Waals surface area contributed by atoms with Crippen LogP contribution in [-0.2, 0) is 0 Å². The van der Waals surface area contributed by atoms with Crippen molar-refractivity contribution < 1.29 is 13.9 Å². The number of nitrogens with one attached hydrogen (secondary N) is 1. The summed E-state index contributed by atoms with van der Waals surface area (Å²) in [6.45, 7) is 3.27. The lowest BCUT2D eigenvalue weighted by Crippen LogP contribution is -2.31. The topological polar surface area (TPSA) is 38.3 Å². The van der Waals surface area contributed by atoms with E-state index in [1.165, 1.54) is 19.2 Å². The third-order valence-electron chi connectivity index (χ3n) is 3.34. The molecule has 0 radical (unpaired) electrons. The van der Waals surface area contributed by atoms with Crippen molar-refractivity contribution in [1.29, 1.82) is 0 Å². The number of halogens is 1. The minimum absolute atomic E-state index is 0.116. The summed E-state index contributed by atoms with van der Waals surface area (Å²) in [5.41, 5.74) is -0.386. The summed E-state index contributed by atoms with van der Waals surface area (Å²) in [7, 11) is 1.39. The van der Waals surface area contributed by atoms with Crippen LogP contribution in [0.4, 0.5) is 4.39 Å². The Morgan fingerprint density at radius 2 is 2.29 bits per heavy atom. The SMILES string of the molecule is COc1cccc(C(=O)C2(C)CCNC2)c1F. The number of methoxy groups -OCH3 is 1. The quantitative estimate of drug-likeness (QED) is 0.817. The van der Waals surface area contributed by atoms with Gasteiger partial charge >= 0.3 is 0 Å². The highest BCUT2D eigenvalue weighted by molar-refractivity contribution is 6.01. The lowest BCUT2D eigenvalue weighted by Gasteiger charge is -2.21. The second kappa shape index (κ2) is 4.45. The zero-order valence-electron chi connectivity index (χ0n) is 10.0. The summed E-state index contributed by atoms with van der Waals surface area (Å²) in [6, 6.07) is 4.67. The van der Waals surface area contributed by atoms with Gasteiger partial charge in [0.1, 0.15) is 0 Å². The van der Waals surface area contributed by atoms with Gasteiger partial charge in [0.05, 0.1) is 12.7 Å². The van der Waals surface area contributed by atoms with Crippen molar-refractivity contribution in [2.45, 2.75) is 13.3 Å². The van der Waals surface area contributed by atoms with E-state index in [1.807, 2.05) is 6.92 Å². The van der Waals surface area contributed by atoms with Crippen molar-refractivity contribution in [1.82, 2.24) is 5.32 Å². The van der Waals surface area contributed by atoms with E-state index < -0.39 is 11.2 Å². The summed E-state index contributed by atoms with van der Waals surface area (Å²) in [4.78, 5) is 12.3. The van der Waals surface area contributed by atoms with Gasteiger partial charge in [-0.1, -0.05) is 13.0 Å². The Morgan fingerprint density at radius 1 is 1.53 bits per heavy atom. The molecule has 1 unspecified atom stereocenters. The van der Waals surface area contributed by atoms with Crippen LogP contribution in [0.5, 0.6) is 5.75 Å². The van der Waals surface area contributed by atoms with Crippen molar-refractivity contribution in [2.75, 3.05) is 20.2 Å². The monoisotopic (exact) mass is 237 g/mol. The lowest BCUT2D eigenvalue weighted by molar-refractivity contribution is 0.0834. The molecule has 1 N–H and O–H groups in total. The smallest absolute Gasteiger partial charge is 0.175 e. The molecule has 1 aromatic carbocycles. The van der Waals surface area contributed by atoms with Crippen LogP contribution in [0.2, 0.25) is 0 Å². The Labute approximate surface area is 100.0 Å². The Hall–Kier alpha value is -1.42. The first-order valence-electron chi connectivity index (χ1n) is 5.66. The fourth-order valence-electron chi connectivity index (χ4n) is 2.18. The fourth-order valence-corrected chi connectivity index (χ4v) is 2.18. The number of carbonyl (C=O) groups is 1. The molecule has 2 rings (SSSR count). The predicted molar refractivity (Wildman–Crippen MR) is 62.9 cm³/mol. The van der Waals surface area contributed by atoms with Gasteiger partial charge in [0.2, 0.25) is 0 Å². The average molecular weight is 237 g/mol. The number of ketones is 1. The first-order chi connectivity index (χ1) is 8.08. The average Bonchev–Trinajstić information content (AvgIpc) is 2.77. The molecular formula is C13H16FNO2. The van der Waals surface area contributed by atoms with Crippen LogP contribution in [0.1, 0.15) is 23.7 Å². The van der Waals surface area contributed by atoms with Gasteiger partial charge < -0.3 is 10.1 Å². The highest BCUT2D eigenvalue weighted by atomic mass is 19.1. The van der Waals surface area contributed by atoms with Crippen molar-refractivity contribution in [3.63, 3.8) is 0 Å². The Morgan fingerprint density at radius 3 is 2.88 bits per heavy atom. The lowest BCUT2D eigenvalue weighted by atomic mass is 9.81. The van der Waals surface area contributed by atoms with Gasteiger partial charge in [0.25, 0.3) is 0 Å². The van der Waals surface area contributed by atoms with E-state index in [1.54, 1.807) is 6.07 Å². The molecule has 3 nitrogen and oxygen atoms in total. The van der Waals surface area contributed by atoms with Crippen molar-refractivity contribution in [2.24, 2.45) is 5.41 Å². The van der Waals surface area contributed by atoms with Gasteiger partial charge in [-0.2, -0.15) is 0 Å². The molecule has 0 aromatic heterocycles. The van der Waals surface area contributed by atoms with E-state index in [-0.39, 0.29) is 17.1 Å². The van der Waals surface area contributed by atoms with Gasteiger partial charge in [0, 0.05) is 12.0 Å². The zero-order valence-corrected chi connectivity index (χ0v) is 10.0. The van der Waals surface area contributed by atoms with Crippen molar-refractivity contribution in [3.05, 3.63) is 29.6 Å². The predicted octanol–water partition coefficient (Wildman–Crippen LogP) is 2.02. The van der Waals surface area contributed by atoms with Crippen molar-refractivity contribution in [3.8, 4) is 5.75 Å². The number of Topliss-reactive ketones (excluding diaryl/α,β-unsaturated/α-hetero) is 1. The van der Waals surface area contributed by atoms with E-state index in [0.29, 0.717) is 6.54 Å². The molecule has 0 spiro atoms. The highest BCUT2D eigenvalue weighted by Crippen LogP contribution is 2.32. The molecule has 4 heteroatoms. The standard InChI is InChI=1S/C13H16FNO2/c1-13(6-7-15-8-13)12(16)9-4-3-5-10(17-2)11(9)14/h3-5,15H,6-8H2,1-2H3. The molecule has 1 aliphatic heterocycles. The second-order valence-electron chi connectivity index (χ2n) is 4.64. The van der Waals surface area contributed by atoms with Crippen LogP contribution in [0.3, 0.4) is 0 Å². The highest BCUT2D eigenvalue weighted by Gasteiger charge is 2.38. The first kappa shape index (κ1) is 12.0. The Bertz CT molecular complexity index is 439. The Balaban J connectivity index is 2.37. The molecule has 0 bridgehead atoms. The number of hydrogen-bond donors (Lipinski definition) is 1. The van der Waals surface area contributed by atoms with Crippen LogP contribution in [0, 0.1) is 11.2 Å². The summed E-state index contributed by atoms with van der Waals surface area (Å²) in [6.07, 6.45) is 0.739. The molecule has 1 fully saturated rings. The van der Waals surface area contributed by atoms with E-state index >= 15 is 0 Å². The third-order valence-corrected chi connectivity index (χ3v) is 3.34. The Kier molecular flexibility index (Phi) is 3.15. The summed E-state index contributed by atoms with van der Waals surface area (Å²) >= 11 is 0. The van der Waals surface area contributed by atoms with Gasteiger partial charge in [-0.15, -0.1) is 0 Å². The summed E-state index contributed by atoms with van der Waals surface area (Å²) in [5.74, 6) is -0.600. The summed E-state index contributed by atoms with van der Waals surface area (Å²) in [5, 5.41) is 3.14. The number of benzene rings is 1. The maximum atomic E-state index is 14.0. The normalized spacial score (nSPS) is 23.7. The van der Waals surface area contributed by atoms with Crippen LogP contribution >= 0.6 is 0 Å². The van der Waals surface area contributed by atoms with Crippen LogP contribution < -0.4 is 10.1 Å². The van der Waals surface area contributed by atoms with E-state index in [2.05, 4.69) is 5.32 Å². The van der Waals surface area contributed by atoms with Gasteiger partial charge in [-0.05, 0) is 25.1 Å². The van der Waals surface area contributed by atoms with E-state index in [0.717, 1.165) is 13.0 Å². The van der Waals surface area contributed by atoms with Crippen LogP contribution in [0.15, 0.2) is 18.2 Å². The molecule has 0 saturated carbocycles. The van der Waals surface area contributed by atoms with Crippen LogP contribution in [0.25, 0.3) is 0 Å². The fraction of sp³-hybridized carbons (Fsp3) is 0.462. The van der Waals surface area contributed by atoms with Crippen molar-refractivity contribution >= 4 is 5.78 Å². The van der Waals surface area contributed by atoms with Gasteiger partial charge in [-0.25, -0.2) is 4.39 Å². The minimum Gasteiger partial charge on any atom is -0.494 e. The maximum Gasteiger partial charge on any atom is 0.175 e. The maximum absolute atomic E-state index is 14.0. The number of ether oxygens (including phenoxy) is 1. The molecule has 1 saturated heterocycles. The second-order valence-corrected chi connectivity index (χ2v) is 4.64. The van der Waals surface area contributed by atoms with E-state index in [9.17, 15) is 9.18 Å². The molecule has 1 aromatic rings. The number of hydrogen-bond acceptors (Lipinski definition) is 3. The molecule has 17 heavy (non-hydrogen) atoms. The molecular weight excluding hydrogens is 221 g/mol. The molecule has 0 amide bonds. The molecule has 0 aliphatic carbocycles. The number of carbonyl (C=O) groups excluding carboxylic acids is 1. The van der Waals surface area contributed by atoms with Gasteiger partial charge in [-0.3, -0.25) is 4.79 Å². The zero-order chi connectivity index (χ0) is 12.5. The van der Waals surface area contributed by atoms with E-state index in [4.69, 9.17) is 4.74 Å². The molecule has 92 valence electrons. The van der Waals surface area contributed by atoms with Gasteiger partial charge in [0.15, 0.2) is 17.3 Å². The largest absolute Gasteiger partial charge is 0.494 e. The van der Waals surface area contributed by atoms with Crippen LogP contribution in [-0.4, -0.2) is 26.0 Å². The first-order valence-corrected chi connectivity index (χ1v) is 5.66. The molecule has 1 aliphatic rings. The molecule has 1 heterocycles. The number of rotatable bonds is 3. The molecule has 1 atom stereocenters. The third kappa shape index (κ3) is 2.05. The summed E-state index contributed by atoms with van der Waals surface area (Å²) < 4.78 is 18.9. The minimum atomic E-state index is -0.562.